The van der Waals surface area contributed by atoms with Crippen molar-refractivity contribution in [1.29, 1.82) is 5.26 Å². The van der Waals surface area contributed by atoms with Gasteiger partial charge < -0.3 is 15.8 Å². The number of ether oxygens (including phenoxy) is 1. The molecule has 1 aromatic carbocycles. The van der Waals surface area contributed by atoms with Gasteiger partial charge in [0.2, 0.25) is 0 Å². The zero-order valence-electron chi connectivity index (χ0n) is 12.2. The predicted octanol–water partition coefficient (Wildman–Crippen LogP) is 2.81. The number of nitriles is 1. The number of hydrogen-bond acceptors (Lipinski definition) is 6. The van der Waals surface area contributed by atoms with Crippen molar-refractivity contribution in [2.75, 3.05) is 18.2 Å². The topological polar surface area (TPSA) is 96.8 Å². The smallest absolute Gasteiger partial charge is 0.143 e. The third-order valence-corrected chi connectivity index (χ3v) is 3.08. The Kier molecular flexibility index (Phi) is 4.24. The number of nitrogens with two attached hydrogens (primary N) is 1. The van der Waals surface area contributed by atoms with Crippen LogP contribution in [0.1, 0.15) is 30.9 Å². The van der Waals surface area contributed by atoms with Crippen LogP contribution < -0.4 is 15.8 Å². The van der Waals surface area contributed by atoms with Gasteiger partial charge in [0.1, 0.15) is 23.7 Å². The van der Waals surface area contributed by atoms with E-state index in [4.69, 9.17) is 15.7 Å². The SMILES string of the molecule is COc1cc(C#N)ccc1Nc1ncnc(N)c1C(C)C. The maximum atomic E-state index is 8.93. The fraction of sp³-hybridized carbons (Fsp3) is 0.267. The summed E-state index contributed by atoms with van der Waals surface area (Å²) in [5, 5.41) is 12.1. The Morgan fingerprint density at radius 2 is 2.10 bits per heavy atom. The highest BCUT2D eigenvalue weighted by Gasteiger charge is 2.14. The Hall–Kier alpha value is -2.81. The van der Waals surface area contributed by atoms with Crippen LogP contribution in [0.3, 0.4) is 0 Å². The van der Waals surface area contributed by atoms with E-state index < -0.39 is 0 Å². The quantitative estimate of drug-likeness (QED) is 0.895. The second-order valence-corrected chi connectivity index (χ2v) is 4.83. The van der Waals surface area contributed by atoms with Crippen LogP contribution in [0.25, 0.3) is 0 Å². The molecule has 0 fully saturated rings. The highest BCUT2D eigenvalue weighted by molar-refractivity contribution is 5.70. The molecule has 0 aliphatic carbocycles. The van der Waals surface area contributed by atoms with Crippen molar-refractivity contribution >= 4 is 17.3 Å². The molecule has 1 heterocycles. The van der Waals surface area contributed by atoms with E-state index in [1.807, 2.05) is 13.8 Å². The molecule has 6 nitrogen and oxygen atoms in total. The predicted molar refractivity (Wildman–Crippen MR) is 81.5 cm³/mol. The van der Waals surface area contributed by atoms with Gasteiger partial charge >= 0.3 is 0 Å². The third kappa shape index (κ3) is 3.03. The van der Waals surface area contributed by atoms with Crippen molar-refractivity contribution in [2.45, 2.75) is 19.8 Å². The average Bonchev–Trinajstić information content (AvgIpc) is 2.47. The Labute approximate surface area is 123 Å². The monoisotopic (exact) mass is 283 g/mol. The summed E-state index contributed by atoms with van der Waals surface area (Å²) in [5.41, 5.74) is 8.03. The lowest BCUT2D eigenvalue weighted by Crippen LogP contribution is -2.07. The van der Waals surface area contributed by atoms with Crippen molar-refractivity contribution in [2.24, 2.45) is 0 Å². The number of nitrogen functional groups attached to an aromatic ring is 1. The molecule has 0 radical (unpaired) electrons. The summed E-state index contributed by atoms with van der Waals surface area (Å²) in [6.45, 7) is 4.05. The molecule has 2 aromatic rings. The molecule has 3 N–H and O–H groups in total. The number of nitrogens with one attached hydrogen (secondary N) is 1. The molecule has 0 amide bonds. The van der Waals surface area contributed by atoms with Crippen molar-refractivity contribution in [3.8, 4) is 11.8 Å². The van der Waals surface area contributed by atoms with E-state index in [1.165, 1.54) is 6.33 Å². The van der Waals surface area contributed by atoms with Gasteiger partial charge in [-0.2, -0.15) is 5.26 Å². The van der Waals surface area contributed by atoms with Gasteiger partial charge in [0.15, 0.2) is 0 Å². The summed E-state index contributed by atoms with van der Waals surface area (Å²) in [6.07, 6.45) is 1.42. The van der Waals surface area contributed by atoms with Crippen LogP contribution in [0.5, 0.6) is 5.75 Å². The standard InChI is InChI=1S/C15H17N5O/c1-9(2)13-14(17)18-8-19-15(13)20-11-5-4-10(7-16)6-12(11)21-3/h4-6,8-9H,1-3H3,(H3,17,18,19,20). The van der Waals surface area contributed by atoms with E-state index in [9.17, 15) is 0 Å². The molecule has 21 heavy (non-hydrogen) atoms. The minimum atomic E-state index is 0.179. The fourth-order valence-electron chi connectivity index (χ4n) is 2.07. The van der Waals surface area contributed by atoms with Gasteiger partial charge in [-0.25, -0.2) is 9.97 Å². The number of methoxy groups -OCH3 is 1. The number of anilines is 3. The zero-order chi connectivity index (χ0) is 15.4. The van der Waals surface area contributed by atoms with Crippen LogP contribution in [-0.2, 0) is 0 Å². The summed E-state index contributed by atoms with van der Waals surface area (Å²) < 4.78 is 5.30. The zero-order valence-corrected chi connectivity index (χ0v) is 12.2. The van der Waals surface area contributed by atoms with Crippen LogP contribution in [0.2, 0.25) is 0 Å². The summed E-state index contributed by atoms with van der Waals surface area (Å²) >= 11 is 0. The number of rotatable bonds is 4. The first-order valence-corrected chi connectivity index (χ1v) is 6.52. The minimum absolute atomic E-state index is 0.179. The fourth-order valence-corrected chi connectivity index (χ4v) is 2.07. The lowest BCUT2D eigenvalue weighted by atomic mass is 10.0. The van der Waals surface area contributed by atoms with Gasteiger partial charge in [0, 0.05) is 11.6 Å². The van der Waals surface area contributed by atoms with E-state index in [2.05, 4.69) is 21.4 Å². The molecule has 0 spiro atoms. The van der Waals surface area contributed by atoms with Gasteiger partial charge in [0.05, 0.1) is 24.4 Å². The van der Waals surface area contributed by atoms with Gasteiger partial charge in [-0.3, -0.25) is 0 Å². The highest BCUT2D eigenvalue weighted by Crippen LogP contribution is 2.32. The first-order chi connectivity index (χ1) is 10.1. The summed E-state index contributed by atoms with van der Waals surface area (Å²) in [4.78, 5) is 8.28. The summed E-state index contributed by atoms with van der Waals surface area (Å²) in [5.74, 6) is 1.84. The summed E-state index contributed by atoms with van der Waals surface area (Å²) in [6, 6.07) is 7.24. The first kappa shape index (κ1) is 14.6. The number of hydrogen-bond donors (Lipinski definition) is 2. The Morgan fingerprint density at radius 1 is 1.33 bits per heavy atom. The third-order valence-electron chi connectivity index (χ3n) is 3.08. The van der Waals surface area contributed by atoms with Crippen molar-refractivity contribution < 1.29 is 4.74 Å². The van der Waals surface area contributed by atoms with E-state index in [-0.39, 0.29) is 5.92 Å². The van der Waals surface area contributed by atoms with Crippen molar-refractivity contribution in [3.05, 3.63) is 35.7 Å². The maximum Gasteiger partial charge on any atom is 0.143 e. The molecular formula is C15H17N5O. The maximum absolute atomic E-state index is 8.93. The molecule has 2 rings (SSSR count). The molecule has 0 saturated carbocycles. The molecule has 1 aromatic heterocycles. The van der Waals surface area contributed by atoms with Crippen LogP contribution in [0.15, 0.2) is 24.5 Å². The Morgan fingerprint density at radius 3 is 2.71 bits per heavy atom. The molecule has 0 unspecified atom stereocenters. The second-order valence-electron chi connectivity index (χ2n) is 4.83. The molecule has 0 aliphatic heterocycles. The van der Waals surface area contributed by atoms with Gasteiger partial charge in [-0.05, 0) is 18.1 Å². The van der Waals surface area contributed by atoms with E-state index in [1.54, 1.807) is 25.3 Å². The first-order valence-electron chi connectivity index (χ1n) is 6.52. The molecule has 0 bridgehead atoms. The average molecular weight is 283 g/mol. The lowest BCUT2D eigenvalue weighted by molar-refractivity contribution is 0.416. The minimum Gasteiger partial charge on any atom is -0.495 e. The largest absolute Gasteiger partial charge is 0.495 e. The van der Waals surface area contributed by atoms with Gasteiger partial charge in [0.25, 0.3) is 0 Å². The number of benzene rings is 1. The molecule has 108 valence electrons. The van der Waals surface area contributed by atoms with E-state index in [0.717, 1.165) is 11.3 Å². The highest BCUT2D eigenvalue weighted by atomic mass is 16.5. The Balaban J connectivity index is 2.44. The van der Waals surface area contributed by atoms with Crippen molar-refractivity contribution in [3.63, 3.8) is 0 Å². The van der Waals surface area contributed by atoms with Gasteiger partial charge in [-0.1, -0.05) is 13.8 Å². The van der Waals surface area contributed by atoms with E-state index >= 15 is 0 Å². The molecule has 0 aliphatic rings. The molecule has 0 atom stereocenters. The second kappa shape index (κ2) is 6.09. The lowest BCUT2D eigenvalue weighted by Gasteiger charge is -2.16. The summed E-state index contributed by atoms with van der Waals surface area (Å²) in [7, 11) is 1.55. The van der Waals surface area contributed by atoms with Crippen LogP contribution in [-0.4, -0.2) is 17.1 Å². The molecular weight excluding hydrogens is 266 g/mol. The van der Waals surface area contributed by atoms with Crippen LogP contribution in [0, 0.1) is 11.3 Å². The van der Waals surface area contributed by atoms with Crippen LogP contribution in [0.4, 0.5) is 17.3 Å². The van der Waals surface area contributed by atoms with Gasteiger partial charge in [-0.15, -0.1) is 0 Å². The van der Waals surface area contributed by atoms with E-state index in [0.29, 0.717) is 22.9 Å². The normalized spacial score (nSPS) is 10.2. The number of nitrogens with zero attached hydrogens (tertiary/aromatic N) is 3. The van der Waals surface area contributed by atoms with Crippen LogP contribution >= 0.6 is 0 Å². The van der Waals surface area contributed by atoms with Crippen molar-refractivity contribution in [1.82, 2.24) is 9.97 Å². The Bertz CT molecular complexity index is 691. The molecule has 0 saturated heterocycles. The number of aromatic nitrogens is 2. The molecule has 6 heteroatoms.